The molecule has 0 heterocycles. The van der Waals surface area contributed by atoms with Crippen molar-refractivity contribution in [3.8, 4) is 0 Å². The molecule has 17 heavy (non-hydrogen) atoms. The lowest BCUT2D eigenvalue weighted by Gasteiger charge is -2.38. The lowest BCUT2D eigenvalue weighted by atomic mass is 9.94. The molecule has 1 unspecified atom stereocenters. The van der Waals surface area contributed by atoms with Crippen LogP contribution in [0.15, 0.2) is 24.3 Å². The Morgan fingerprint density at radius 3 is 2.00 bits per heavy atom. The van der Waals surface area contributed by atoms with E-state index in [0.717, 1.165) is 5.46 Å². The second-order valence-corrected chi connectivity index (χ2v) is 10.9. The Balaban J connectivity index is 2.79. The lowest BCUT2D eigenvalue weighted by Crippen LogP contribution is -2.41. The Hall–Kier alpha value is -0.538. The third kappa shape index (κ3) is 3.72. The van der Waals surface area contributed by atoms with E-state index in [-0.39, 0.29) is 11.1 Å². The number of hydrogen-bond donors (Lipinski definition) is 0. The van der Waals surface area contributed by atoms with Crippen molar-refractivity contribution in [1.82, 2.24) is 0 Å². The van der Waals surface area contributed by atoms with Gasteiger partial charge in [-0.2, -0.15) is 0 Å². The van der Waals surface area contributed by atoms with Crippen LogP contribution in [0.2, 0.25) is 18.1 Å². The van der Waals surface area contributed by atoms with E-state index in [1.54, 1.807) is 0 Å². The largest absolute Gasteiger partial charge is 0.410 e. The zero-order valence-electron chi connectivity index (χ0n) is 11.9. The van der Waals surface area contributed by atoms with Crippen molar-refractivity contribution in [2.75, 3.05) is 0 Å². The van der Waals surface area contributed by atoms with Gasteiger partial charge in [-0.15, -0.1) is 0 Å². The molecule has 1 aromatic carbocycles. The highest BCUT2D eigenvalue weighted by atomic mass is 28.4. The molecule has 2 radical (unpaired) electrons. The first-order valence-electron chi connectivity index (χ1n) is 6.17. The normalized spacial score (nSPS) is 14.7. The minimum Gasteiger partial charge on any atom is -0.410 e. The van der Waals surface area contributed by atoms with Crippen LogP contribution in [0.1, 0.15) is 39.4 Å². The third-order valence-corrected chi connectivity index (χ3v) is 8.24. The second kappa shape index (κ2) is 4.99. The number of hydrogen-bond acceptors (Lipinski definition) is 1. The summed E-state index contributed by atoms with van der Waals surface area (Å²) in [6, 6.07) is 7.96. The van der Waals surface area contributed by atoms with E-state index in [2.05, 4.69) is 40.8 Å². The summed E-state index contributed by atoms with van der Waals surface area (Å²) in [5.74, 6) is 0. The van der Waals surface area contributed by atoms with Gasteiger partial charge in [-0.3, -0.25) is 0 Å². The van der Waals surface area contributed by atoms with Crippen LogP contribution < -0.4 is 5.46 Å². The van der Waals surface area contributed by atoms with Gasteiger partial charge in [0, 0.05) is 0 Å². The van der Waals surface area contributed by atoms with Gasteiger partial charge in [0.15, 0.2) is 8.32 Å². The predicted octanol–water partition coefficient (Wildman–Crippen LogP) is 3.56. The minimum absolute atomic E-state index is 0.136. The molecular weight excluding hydrogens is 223 g/mol. The fourth-order valence-electron chi connectivity index (χ4n) is 1.45. The Morgan fingerprint density at radius 1 is 1.12 bits per heavy atom. The summed E-state index contributed by atoms with van der Waals surface area (Å²) in [6.07, 6.45) is 0.136. The SMILES string of the molecule is [B]c1ccc(C(C)O[Si](C)(C)C(C)(C)C)cc1. The molecule has 1 nitrogen and oxygen atoms in total. The first-order chi connectivity index (χ1) is 7.63. The molecular formula is C14H23BOSi. The molecule has 0 aliphatic rings. The molecule has 0 spiro atoms. The molecule has 0 saturated carbocycles. The van der Waals surface area contributed by atoms with Crippen LogP contribution in [0, 0.1) is 0 Å². The summed E-state index contributed by atoms with van der Waals surface area (Å²) in [5.41, 5.74) is 2.00. The van der Waals surface area contributed by atoms with E-state index in [1.165, 1.54) is 5.56 Å². The number of rotatable bonds is 3. The molecule has 0 aromatic heterocycles. The van der Waals surface area contributed by atoms with Crippen molar-refractivity contribution in [1.29, 1.82) is 0 Å². The Kier molecular flexibility index (Phi) is 4.26. The van der Waals surface area contributed by atoms with Gasteiger partial charge in [-0.25, -0.2) is 0 Å². The molecule has 0 N–H and O–H groups in total. The van der Waals surface area contributed by atoms with Crippen LogP contribution in [0.25, 0.3) is 0 Å². The summed E-state index contributed by atoms with van der Waals surface area (Å²) in [7, 11) is 4.00. The third-order valence-electron chi connectivity index (χ3n) is 3.68. The predicted molar refractivity (Wildman–Crippen MR) is 78.5 cm³/mol. The summed E-state index contributed by atoms with van der Waals surface area (Å²) in [4.78, 5) is 0. The summed E-state index contributed by atoms with van der Waals surface area (Å²) >= 11 is 0. The van der Waals surface area contributed by atoms with Gasteiger partial charge >= 0.3 is 0 Å². The van der Waals surface area contributed by atoms with Gasteiger partial charge in [-0.05, 0) is 30.6 Å². The molecule has 1 aromatic rings. The molecule has 0 bridgehead atoms. The lowest BCUT2D eigenvalue weighted by molar-refractivity contribution is 0.203. The maximum Gasteiger partial charge on any atom is 0.192 e. The highest BCUT2D eigenvalue weighted by Crippen LogP contribution is 2.39. The van der Waals surface area contributed by atoms with E-state index in [1.807, 2.05) is 24.3 Å². The standard InChI is InChI=1S/C14H23BOSi/c1-11(12-7-9-13(15)10-8-12)16-17(5,6)14(2,3)4/h7-11H,1-6H3. The molecule has 0 aliphatic carbocycles. The fraction of sp³-hybridized carbons (Fsp3) is 0.571. The van der Waals surface area contributed by atoms with Crippen LogP contribution in [-0.2, 0) is 4.43 Å². The molecule has 3 heteroatoms. The zero-order chi connectivity index (χ0) is 13.3. The summed E-state index contributed by atoms with van der Waals surface area (Å²) < 4.78 is 6.33. The molecule has 0 amide bonds. The molecule has 0 saturated heterocycles. The van der Waals surface area contributed by atoms with Gasteiger partial charge < -0.3 is 4.43 Å². The first-order valence-corrected chi connectivity index (χ1v) is 9.07. The molecule has 1 atom stereocenters. The van der Waals surface area contributed by atoms with Gasteiger partial charge in [0.05, 0.1) is 6.10 Å². The van der Waals surface area contributed by atoms with Crippen molar-refractivity contribution in [3.63, 3.8) is 0 Å². The van der Waals surface area contributed by atoms with Crippen LogP contribution in [0.3, 0.4) is 0 Å². The van der Waals surface area contributed by atoms with Crippen LogP contribution in [-0.4, -0.2) is 16.2 Å². The first kappa shape index (κ1) is 14.5. The minimum atomic E-state index is -1.70. The van der Waals surface area contributed by atoms with Gasteiger partial charge in [0.2, 0.25) is 0 Å². The topological polar surface area (TPSA) is 9.23 Å². The smallest absolute Gasteiger partial charge is 0.192 e. The fourth-order valence-corrected chi connectivity index (χ4v) is 2.83. The Labute approximate surface area is 108 Å². The zero-order valence-corrected chi connectivity index (χ0v) is 12.9. The highest BCUT2D eigenvalue weighted by molar-refractivity contribution is 6.74. The Bertz CT molecular complexity index is 365. The van der Waals surface area contributed by atoms with Crippen molar-refractivity contribution >= 4 is 21.6 Å². The van der Waals surface area contributed by atoms with Crippen LogP contribution in [0.4, 0.5) is 0 Å². The van der Waals surface area contributed by atoms with Crippen molar-refractivity contribution in [3.05, 3.63) is 29.8 Å². The van der Waals surface area contributed by atoms with E-state index < -0.39 is 8.32 Å². The summed E-state index contributed by atoms with van der Waals surface area (Å²) in [5, 5.41) is 0.245. The molecule has 1 rings (SSSR count). The molecule has 92 valence electrons. The maximum absolute atomic E-state index is 6.33. The van der Waals surface area contributed by atoms with E-state index >= 15 is 0 Å². The average molecular weight is 246 g/mol. The molecule has 0 aliphatic heterocycles. The quantitative estimate of drug-likeness (QED) is 0.741. The monoisotopic (exact) mass is 246 g/mol. The van der Waals surface area contributed by atoms with E-state index in [9.17, 15) is 0 Å². The Morgan fingerprint density at radius 2 is 1.59 bits per heavy atom. The van der Waals surface area contributed by atoms with E-state index in [0.29, 0.717) is 0 Å². The average Bonchev–Trinajstić information content (AvgIpc) is 2.16. The van der Waals surface area contributed by atoms with Gasteiger partial charge in [-0.1, -0.05) is 50.5 Å². The second-order valence-electron chi connectivity index (χ2n) is 6.19. The summed E-state index contributed by atoms with van der Waals surface area (Å²) in [6.45, 7) is 13.5. The number of benzene rings is 1. The van der Waals surface area contributed by atoms with Crippen LogP contribution in [0.5, 0.6) is 0 Å². The van der Waals surface area contributed by atoms with E-state index in [4.69, 9.17) is 12.3 Å². The molecule has 0 fully saturated rings. The highest BCUT2D eigenvalue weighted by Gasteiger charge is 2.38. The van der Waals surface area contributed by atoms with Crippen LogP contribution >= 0.6 is 0 Å². The van der Waals surface area contributed by atoms with Crippen molar-refractivity contribution in [2.45, 2.75) is 51.9 Å². The van der Waals surface area contributed by atoms with Crippen molar-refractivity contribution < 1.29 is 4.43 Å². The van der Waals surface area contributed by atoms with Crippen molar-refractivity contribution in [2.24, 2.45) is 0 Å². The van der Waals surface area contributed by atoms with Gasteiger partial charge in [0.1, 0.15) is 7.85 Å². The van der Waals surface area contributed by atoms with Gasteiger partial charge in [0.25, 0.3) is 0 Å². The maximum atomic E-state index is 6.33.